The van der Waals surface area contributed by atoms with Crippen molar-refractivity contribution in [2.24, 2.45) is 0 Å². The average Bonchev–Trinajstić information content (AvgIpc) is 2.23. The summed E-state index contributed by atoms with van der Waals surface area (Å²) in [6, 6.07) is 2.08. The van der Waals surface area contributed by atoms with E-state index in [1.807, 2.05) is 0 Å². The number of hydrogen-bond acceptors (Lipinski definition) is 3. The van der Waals surface area contributed by atoms with E-state index >= 15 is 0 Å². The van der Waals surface area contributed by atoms with Crippen molar-refractivity contribution in [2.75, 3.05) is 13.7 Å². The predicted molar refractivity (Wildman–Crippen MR) is 54.2 cm³/mol. The van der Waals surface area contributed by atoms with Crippen LogP contribution in [0, 0.1) is 11.6 Å². The molecule has 1 rings (SSSR count). The Morgan fingerprint density at radius 3 is 2.31 bits per heavy atom. The SMILES string of the molecule is COCC(C)Oc1c(F)cc(CO)cc1F. The van der Waals surface area contributed by atoms with E-state index in [0.29, 0.717) is 0 Å². The predicted octanol–water partition coefficient (Wildman–Crippen LogP) is 1.87. The van der Waals surface area contributed by atoms with Gasteiger partial charge in [-0.25, -0.2) is 8.78 Å². The summed E-state index contributed by atoms with van der Waals surface area (Å²) in [6.07, 6.45) is -0.450. The van der Waals surface area contributed by atoms with Crippen molar-refractivity contribution in [2.45, 2.75) is 19.6 Å². The van der Waals surface area contributed by atoms with Gasteiger partial charge >= 0.3 is 0 Å². The third kappa shape index (κ3) is 3.15. The Morgan fingerprint density at radius 2 is 1.88 bits per heavy atom. The second-order valence-electron chi connectivity index (χ2n) is 3.43. The lowest BCUT2D eigenvalue weighted by atomic mass is 10.2. The lowest BCUT2D eigenvalue weighted by Gasteiger charge is -2.15. The highest BCUT2D eigenvalue weighted by Crippen LogP contribution is 2.24. The van der Waals surface area contributed by atoms with Crippen LogP contribution in [0.2, 0.25) is 0 Å². The fourth-order valence-corrected chi connectivity index (χ4v) is 1.29. The first-order valence-electron chi connectivity index (χ1n) is 4.82. The van der Waals surface area contributed by atoms with Gasteiger partial charge in [-0.3, -0.25) is 0 Å². The molecule has 0 heterocycles. The van der Waals surface area contributed by atoms with Crippen LogP contribution in [0.4, 0.5) is 8.78 Å². The molecule has 1 atom stereocenters. The Balaban J connectivity index is 2.87. The van der Waals surface area contributed by atoms with Crippen molar-refractivity contribution in [1.29, 1.82) is 0 Å². The number of rotatable bonds is 5. The second kappa shape index (κ2) is 5.77. The molecule has 0 saturated heterocycles. The van der Waals surface area contributed by atoms with E-state index < -0.39 is 30.1 Å². The Labute approximate surface area is 92.6 Å². The molecule has 0 aliphatic rings. The zero-order valence-corrected chi connectivity index (χ0v) is 9.17. The molecule has 0 amide bonds. The summed E-state index contributed by atoms with van der Waals surface area (Å²) in [4.78, 5) is 0. The topological polar surface area (TPSA) is 38.7 Å². The van der Waals surface area contributed by atoms with Gasteiger partial charge in [-0.1, -0.05) is 0 Å². The minimum absolute atomic E-state index is 0.168. The maximum Gasteiger partial charge on any atom is 0.191 e. The number of hydrogen-bond donors (Lipinski definition) is 1. The molecule has 90 valence electrons. The zero-order chi connectivity index (χ0) is 12.1. The third-order valence-electron chi connectivity index (χ3n) is 1.96. The van der Waals surface area contributed by atoms with E-state index in [1.165, 1.54) is 7.11 Å². The van der Waals surface area contributed by atoms with Gasteiger partial charge in [0, 0.05) is 7.11 Å². The Bertz CT molecular complexity index is 332. The summed E-state index contributed by atoms with van der Waals surface area (Å²) >= 11 is 0. The Hall–Kier alpha value is -1.20. The number of aliphatic hydroxyl groups excluding tert-OH is 1. The van der Waals surface area contributed by atoms with Crippen molar-refractivity contribution >= 4 is 0 Å². The van der Waals surface area contributed by atoms with Gasteiger partial charge in [-0.2, -0.15) is 0 Å². The number of methoxy groups -OCH3 is 1. The van der Waals surface area contributed by atoms with Crippen LogP contribution in [0.25, 0.3) is 0 Å². The van der Waals surface area contributed by atoms with Gasteiger partial charge in [0.1, 0.15) is 6.10 Å². The van der Waals surface area contributed by atoms with Gasteiger partial charge in [0.05, 0.1) is 13.2 Å². The fraction of sp³-hybridized carbons (Fsp3) is 0.455. The van der Waals surface area contributed by atoms with Crippen LogP contribution >= 0.6 is 0 Å². The molecule has 0 aromatic heterocycles. The van der Waals surface area contributed by atoms with E-state index in [1.54, 1.807) is 6.92 Å². The fourth-order valence-electron chi connectivity index (χ4n) is 1.29. The van der Waals surface area contributed by atoms with Crippen LogP contribution in [0.1, 0.15) is 12.5 Å². The molecule has 1 aromatic carbocycles. The Morgan fingerprint density at radius 1 is 1.31 bits per heavy atom. The van der Waals surface area contributed by atoms with Crippen LogP contribution in [-0.4, -0.2) is 24.9 Å². The van der Waals surface area contributed by atoms with Crippen molar-refractivity contribution < 1.29 is 23.4 Å². The van der Waals surface area contributed by atoms with E-state index in [-0.39, 0.29) is 12.2 Å². The first-order chi connectivity index (χ1) is 7.58. The molecule has 5 heteroatoms. The highest BCUT2D eigenvalue weighted by atomic mass is 19.1. The summed E-state index contributed by atoms with van der Waals surface area (Å²) in [6.45, 7) is 1.46. The average molecular weight is 232 g/mol. The molecule has 0 fully saturated rings. The van der Waals surface area contributed by atoms with Crippen LogP contribution in [0.15, 0.2) is 12.1 Å². The molecule has 0 aliphatic carbocycles. The molecule has 0 bridgehead atoms. The maximum atomic E-state index is 13.4. The van der Waals surface area contributed by atoms with Crippen molar-refractivity contribution in [1.82, 2.24) is 0 Å². The quantitative estimate of drug-likeness (QED) is 0.842. The molecular formula is C11H14F2O3. The van der Waals surface area contributed by atoms with Crippen LogP contribution in [-0.2, 0) is 11.3 Å². The summed E-state index contributed by atoms with van der Waals surface area (Å²) in [5.41, 5.74) is 0.168. The van der Waals surface area contributed by atoms with Crippen LogP contribution < -0.4 is 4.74 Å². The van der Waals surface area contributed by atoms with Gasteiger partial charge in [0.25, 0.3) is 0 Å². The zero-order valence-electron chi connectivity index (χ0n) is 9.17. The van der Waals surface area contributed by atoms with Gasteiger partial charge in [0.2, 0.25) is 0 Å². The third-order valence-corrected chi connectivity index (χ3v) is 1.96. The smallest absolute Gasteiger partial charge is 0.191 e. The van der Waals surface area contributed by atoms with E-state index in [2.05, 4.69) is 0 Å². The summed E-state index contributed by atoms with van der Waals surface area (Å²) in [5, 5.41) is 8.75. The molecule has 1 unspecified atom stereocenters. The van der Waals surface area contributed by atoms with Gasteiger partial charge in [-0.15, -0.1) is 0 Å². The maximum absolute atomic E-state index is 13.4. The van der Waals surface area contributed by atoms with E-state index in [9.17, 15) is 8.78 Å². The molecule has 0 spiro atoms. The number of benzene rings is 1. The van der Waals surface area contributed by atoms with Crippen LogP contribution in [0.5, 0.6) is 5.75 Å². The van der Waals surface area contributed by atoms with Gasteiger partial charge in [-0.05, 0) is 24.6 Å². The van der Waals surface area contributed by atoms with Crippen LogP contribution in [0.3, 0.4) is 0 Å². The molecule has 1 aromatic rings. The Kier molecular flexibility index (Phi) is 4.64. The number of aliphatic hydroxyl groups is 1. The highest BCUT2D eigenvalue weighted by molar-refractivity contribution is 5.31. The number of ether oxygens (including phenoxy) is 2. The molecule has 0 aliphatic heterocycles. The van der Waals surface area contributed by atoms with Crippen molar-refractivity contribution in [3.05, 3.63) is 29.3 Å². The molecule has 0 saturated carbocycles. The number of halogens is 2. The largest absolute Gasteiger partial charge is 0.482 e. The standard InChI is InChI=1S/C11H14F2O3/c1-7(6-15-2)16-11-9(12)3-8(5-14)4-10(11)13/h3-4,7,14H,5-6H2,1-2H3. The first kappa shape index (κ1) is 12.9. The summed E-state index contributed by atoms with van der Waals surface area (Å²) < 4.78 is 36.6. The van der Waals surface area contributed by atoms with Gasteiger partial charge in [0.15, 0.2) is 17.4 Å². The van der Waals surface area contributed by atoms with E-state index in [0.717, 1.165) is 12.1 Å². The normalized spacial score (nSPS) is 12.6. The lowest BCUT2D eigenvalue weighted by molar-refractivity contribution is 0.0861. The molecule has 16 heavy (non-hydrogen) atoms. The molecule has 1 N–H and O–H groups in total. The van der Waals surface area contributed by atoms with E-state index in [4.69, 9.17) is 14.6 Å². The van der Waals surface area contributed by atoms with Crippen molar-refractivity contribution in [3.63, 3.8) is 0 Å². The first-order valence-corrected chi connectivity index (χ1v) is 4.82. The molecule has 0 radical (unpaired) electrons. The van der Waals surface area contributed by atoms with Crippen molar-refractivity contribution in [3.8, 4) is 5.75 Å². The molecule has 3 nitrogen and oxygen atoms in total. The highest BCUT2D eigenvalue weighted by Gasteiger charge is 2.15. The van der Waals surface area contributed by atoms with Gasteiger partial charge < -0.3 is 14.6 Å². The summed E-state index contributed by atoms with van der Waals surface area (Å²) in [5.74, 6) is -2.10. The minimum Gasteiger partial charge on any atom is -0.482 e. The molecular weight excluding hydrogens is 218 g/mol. The lowest BCUT2D eigenvalue weighted by Crippen LogP contribution is -2.19. The summed E-state index contributed by atoms with van der Waals surface area (Å²) in [7, 11) is 1.47. The minimum atomic E-state index is -0.827. The monoisotopic (exact) mass is 232 g/mol. The second-order valence-corrected chi connectivity index (χ2v) is 3.43.